The molecule has 1 heterocycles. The molecule has 0 saturated heterocycles. The third-order valence-corrected chi connectivity index (χ3v) is 3.92. The standard InChI is InChI=1S/C18H14ClNO2/c1-10-6-7-15-14(8-10)16(18(21)22)11(2)17(20-15)12-4-3-5-13(19)9-12/h3-9H,1-2H3,(H,21,22)/p-1. The number of aromatic carboxylic acids is 1. The van der Waals surface area contributed by atoms with Crippen LogP contribution in [0.15, 0.2) is 42.5 Å². The smallest absolute Gasteiger partial charge is 0.0746 e. The maximum atomic E-state index is 11.6. The van der Waals surface area contributed by atoms with Crippen LogP contribution in [0.2, 0.25) is 5.02 Å². The first kappa shape index (κ1) is 14.5. The van der Waals surface area contributed by atoms with Crippen molar-refractivity contribution < 1.29 is 9.90 Å². The van der Waals surface area contributed by atoms with Gasteiger partial charge in [0, 0.05) is 21.5 Å². The molecule has 0 bridgehead atoms. The molecule has 0 atom stereocenters. The van der Waals surface area contributed by atoms with Gasteiger partial charge in [-0.15, -0.1) is 0 Å². The Morgan fingerprint density at radius 3 is 2.59 bits per heavy atom. The second kappa shape index (κ2) is 5.43. The molecule has 0 spiro atoms. The summed E-state index contributed by atoms with van der Waals surface area (Å²) in [5.41, 5.74) is 3.77. The van der Waals surface area contributed by atoms with E-state index in [1.165, 1.54) is 0 Å². The number of hydrogen-bond acceptors (Lipinski definition) is 3. The van der Waals surface area contributed by atoms with Crippen LogP contribution < -0.4 is 5.11 Å². The van der Waals surface area contributed by atoms with E-state index in [9.17, 15) is 9.90 Å². The molecule has 0 fully saturated rings. The second-order valence-corrected chi connectivity index (χ2v) is 5.72. The number of hydrogen-bond donors (Lipinski definition) is 0. The predicted molar refractivity (Wildman–Crippen MR) is 86.0 cm³/mol. The van der Waals surface area contributed by atoms with Gasteiger partial charge >= 0.3 is 0 Å². The van der Waals surface area contributed by atoms with Gasteiger partial charge in [-0.05, 0) is 43.7 Å². The lowest BCUT2D eigenvalue weighted by molar-refractivity contribution is -0.254. The molecule has 1 aromatic heterocycles. The van der Waals surface area contributed by atoms with Crippen molar-refractivity contribution in [2.45, 2.75) is 13.8 Å². The summed E-state index contributed by atoms with van der Waals surface area (Å²) >= 11 is 6.03. The van der Waals surface area contributed by atoms with Crippen LogP contribution in [0.3, 0.4) is 0 Å². The summed E-state index contributed by atoms with van der Waals surface area (Å²) in [6, 6.07) is 12.8. The number of pyridine rings is 1. The Kier molecular flexibility index (Phi) is 3.59. The summed E-state index contributed by atoms with van der Waals surface area (Å²) in [4.78, 5) is 16.3. The summed E-state index contributed by atoms with van der Waals surface area (Å²) in [5, 5.41) is 12.8. The lowest BCUT2D eigenvalue weighted by Gasteiger charge is -2.16. The zero-order chi connectivity index (χ0) is 15.9. The molecular weight excluding hydrogens is 298 g/mol. The highest BCUT2D eigenvalue weighted by Gasteiger charge is 2.14. The fraction of sp³-hybridized carbons (Fsp3) is 0.111. The van der Waals surface area contributed by atoms with E-state index in [0.717, 1.165) is 11.1 Å². The Hall–Kier alpha value is -2.39. The molecule has 0 amide bonds. The van der Waals surface area contributed by atoms with Crippen LogP contribution in [0.1, 0.15) is 21.5 Å². The number of nitrogens with zero attached hydrogens (tertiary/aromatic N) is 1. The largest absolute Gasteiger partial charge is 0.545 e. The van der Waals surface area contributed by atoms with Crippen LogP contribution in [0.25, 0.3) is 22.2 Å². The van der Waals surface area contributed by atoms with E-state index in [2.05, 4.69) is 4.98 Å². The number of fused-ring (bicyclic) bond motifs is 1. The number of carbonyl (C=O) groups excluding carboxylic acids is 1. The molecule has 0 radical (unpaired) electrons. The average Bonchev–Trinajstić information content (AvgIpc) is 2.46. The molecular formula is C18H13ClNO2-. The topological polar surface area (TPSA) is 53.0 Å². The van der Waals surface area contributed by atoms with Gasteiger partial charge in [-0.1, -0.05) is 35.4 Å². The monoisotopic (exact) mass is 310 g/mol. The van der Waals surface area contributed by atoms with Crippen LogP contribution >= 0.6 is 11.6 Å². The SMILES string of the molecule is Cc1ccc2nc(-c3cccc(Cl)c3)c(C)c(C(=O)[O-])c2c1. The summed E-state index contributed by atoms with van der Waals surface area (Å²) in [6.07, 6.45) is 0. The summed E-state index contributed by atoms with van der Waals surface area (Å²) in [7, 11) is 0. The van der Waals surface area contributed by atoms with Gasteiger partial charge in [-0.3, -0.25) is 0 Å². The first-order chi connectivity index (χ1) is 10.5. The number of carbonyl (C=O) groups is 1. The van der Waals surface area contributed by atoms with E-state index in [1.807, 2.05) is 37.3 Å². The predicted octanol–water partition coefficient (Wildman–Crippen LogP) is 3.54. The van der Waals surface area contributed by atoms with E-state index < -0.39 is 5.97 Å². The average molecular weight is 311 g/mol. The second-order valence-electron chi connectivity index (χ2n) is 5.28. The third-order valence-electron chi connectivity index (χ3n) is 3.69. The number of aryl methyl sites for hydroxylation is 1. The highest BCUT2D eigenvalue weighted by Crippen LogP contribution is 2.30. The van der Waals surface area contributed by atoms with Gasteiger partial charge < -0.3 is 9.90 Å². The number of rotatable bonds is 2. The van der Waals surface area contributed by atoms with Crippen molar-refractivity contribution >= 4 is 28.5 Å². The minimum Gasteiger partial charge on any atom is -0.545 e. The van der Waals surface area contributed by atoms with Crippen molar-refractivity contribution in [2.75, 3.05) is 0 Å². The van der Waals surface area contributed by atoms with Crippen LogP contribution in [0.4, 0.5) is 0 Å². The zero-order valence-corrected chi connectivity index (χ0v) is 12.9. The molecule has 0 saturated carbocycles. The van der Waals surface area contributed by atoms with Gasteiger partial charge in [-0.2, -0.15) is 0 Å². The Morgan fingerprint density at radius 2 is 1.91 bits per heavy atom. The van der Waals surface area contributed by atoms with Gasteiger partial charge in [0.2, 0.25) is 0 Å². The molecule has 3 aromatic rings. The molecule has 0 N–H and O–H groups in total. The maximum absolute atomic E-state index is 11.6. The van der Waals surface area contributed by atoms with Gasteiger partial charge in [0.25, 0.3) is 0 Å². The fourth-order valence-corrected chi connectivity index (χ4v) is 2.84. The minimum atomic E-state index is -1.20. The normalized spacial score (nSPS) is 10.9. The number of benzene rings is 2. The van der Waals surface area contributed by atoms with Gasteiger partial charge in [0.15, 0.2) is 0 Å². The molecule has 2 aromatic carbocycles. The van der Waals surface area contributed by atoms with E-state index in [4.69, 9.17) is 11.6 Å². The molecule has 22 heavy (non-hydrogen) atoms. The Labute approximate surface area is 133 Å². The Bertz CT molecular complexity index is 903. The molecule has 3 nitrogen and oxygen atoms in total. The van der Waals surface area contributed by atoms with Crippen LogP contribution in [0, 0.1) is 13.8 Å². The van der Waals surface area contributed by atoms with Crippen molar-refractivity contribution in [1.29, 1.82) is 0 Å². The molecule has 0 unspecified atom stereocenters. The van der Waals surface area contributed by atoms with Crippen LogP contribution in [-0.2, 0) is 0 Å². The van der Waals surface area contributed by atoms with Crippen molar-refractivity contribution in [3.05, 3.63) is 64.2 Å². The zero-order valence-electron chi connectivity index (χ0n) is 12.2. The molecule has 110 valence electrons. The summed E-state index contributed by atoms with van der Waals surface area (Å²) < 4.78 is 0. The fourth-order valence-electron chi connectivity index (χ4n) is 2.65. The third kappa shape index (κ3) is 2.44. The highest BCUT2D eigenvalue weighted by molar-refractivity contribution is 6.30. The Balaban J connectivity index is 2.40. The number of halogens is 1. The van der Waals surface area contributed by atoms with Crippen molar-refractivity contribution in [1.82, 2.24) is 4.98 Å². The van der Waals surface area contributed by atoms with Crippen molar-refractivity contribution in [3.63, 3.8) is 0 Å². The molecule has 3 rings (SSSR count). The lowest BCUT2D eigenvalue weighted by Crippen LogP contribution is -2.24. The number of carboxylic acid groups (broad SMARTS) is 1. The number of carboxylic acids is 1. The van der Waals surface area contributed by atoms with E-state index >= 15 is 0 Å². The molecule has 0 aliphatic carbocycles. The first-order valence-electron chi connectivity index (χ1n) is 6.85. The van der Waals surface area contributed by atoms with E-state index in [0.29, 0.717) is 27.2 Å². The van der Waals surface area contributed by atoms with Crippen LogP contribution in [0.5, 0.6) is 0 Å². The summed E-state index contributed by atoms with van der Waals surface area (Å²) in [6.45, 7) is 3.66. The molecule has 4 heteroatoms. The van der Waals surface area contributed by atoms with Gasteiger partial charge in [0.05, 0.1) is 17.2 Å². The van der Waals surface area contributed by atoms with Crippen molar-refractivity contribution in [3.8, 4) is 11.3 Å². The van der Waals surface area contributed by atoms with Gasteiger partial charge in [-0.25, -0.2) is 4.98 Å². The first-order valence-corrected chi connectivity index (χ1v) is 7.23. The van der Waals surface area contributed by atoms with E-state index in [-0.39, 0.29) is 5.56 Å². The summed E-state index contributed by atoms with van der Waals surface area (Å²) in [5.74, 6) is -1.20. The molecule has 0 aliphatic rings. The number of aromatic nitrogens is 1. The van der Waals surface area contributed by atoms with Gasteiger partial charge in [0.1, 0.15) is 0 Å². The Morgan fingerprint density at radius 1 is 1.14 bits per heavy atom. The minimum absolute atomic E-state index is 0.184. The van der Waals surface area contributed by atoms with Crippen molar-refractivity contribution in [2.24, 2.45) is 0 Å². The lowest BCUT2D eigenvalue weighted by atomic mass is 9.97. The van der Waals surface area contributed by atoms with Crippen LogP contribution in [-0.4, -0.2) is 11.0 Å². The quantitative estimate of drug-likeness (QED) is 0.727. The molecule has 0 aliphatic heterocycles. The maximum Gasteiger partial charge on any atom is 0.0746 e. The highest BCUT2D eigenvalue weighted by atomic mass is 35.5. The van der Waals surface area contributed by atoms with E-state index in [1.54, 1.807) is 19.1 Å².